The number of aliphatic imine (C=N–C) groups is 1. The van der Waals surface area contributed by atoms with Gasteiger partial charge < -0.3 is 11.1 Å². The van der Waals surface area contributed by atoms with Crippen molar-refractivity contribution in [1.29, 1.82) is 0 Å². The van der Waals surface area contributed by atoms with Gasteiger partial charge in [-0.15, -0.1) is 0 Å². The summed E-state index contributed by atoms with van der Waals surface area (Å²) in [6.07, 6.45) is 0.875. The Hall–Kier alpha value is -3.22. The summed E-state index contributed by atoms with van der Waals surface area (Å²) in [4.78, 5) is 24.2. The minimum atomic E-state index is -3.87. The molecule has 0 spiro atoms. The third kappa shape index (κ3) is 4.45. The summed E-state index contributed by atoms with van der Waals surface area (Å²) in [6, 6.07) is 4.33. The van der Waals surface area contributed by atoms with E-state index in [1.807, 2.05) is 0 Å². The molecule has 2 aromatic heterocycles. The van der Waals surface area contributed by atoms with Crippen LogP contribution >= 0.6 is 0 Å². The lowest BCUT2D eigenvalue weighted by molar-refractivity contribution is 0.0170. The summed E-state index contributed by atoms with van der Waals surface area (Å²) in [5.74, 6) is -5.76. The van der Waals surface area contributed by atoms with Gasteiger partial charge in [0.1, 0.15) is 34.3 Å². The number of carbonyl (C=O) groups is 1. The number of halogens is 3. The van der Waals surface area contributed by atoms with Crippen molar-refractivity contribution in [1.82, 2.24) is 14.3 Å². The number of hydrogen-bond donors (Lipinski definition) is 2. The number of nitrogens with two attached hydrogens (primary N) is 1. The molecule has 1 amide bonds. The summed E-state index contributed by atoms with van der Waals surface area (Å²) in [5, 5.41) is 2.37. The Morgan fingerprint density at radius 3 is 2.52 bits per heavy atom. The van der Waals surface area contributed by atoms with Gasteiger partial charge in [-0.25, -0.2) is 35.9 Å². The number of nitrogens with zero attached hydrogens (tertiary/aromatic N) is 4. The standard InChI is InChI=1S/C18H19F3N6O3S/c1-17(9-31(29,30)27(3)16(22)26-17)14-11(19)5-7-13(24-14)25-15(28)12-6-4-10(8-23-12)18(2,20)21/h4-8H,9H2,1-3H3,(H2,22,26)(H,24,25,28)/t17-/m0/s1. The molecular formula is C18H19F3N6O3S. The molecule has 0 aromatic carbocycles. The molecule has 166 valence electrons. The molecule has 0 saturated heterocycles. The molecule has 0 radical (unpaired) electrons. The Balaban J connectivity index is 1.91. The van der Waals surface area contributed by atoms with Crippen molar-refractivity contribution in [3.8, 4) is 0 Å². The molecule has 2 aromatic rings. The van der Waals surface area contributed by atoms with Gasteiger partial charge in [0.2, 0.25) is 16.0 Å². The fourth-order valence-electron chi connectivity index (χ4n) is 2.93. The van der Waals surface area contributed by atoms with E-state index in [2.05, 4.69) is 20.3 Å². The molecule has 31 heavy (non-hydrogen) atoms. The van der Waals surface area contributed by atoms with Crippen LogP contribution in [0, 0.1) is 5.82 Å². The van der Waals surface area contributed by atoms with Crippen LogP contribution in [-0.4, -0.2) is 47.4 Å². The number of amides is 1. The van der Waals surface area contributed by atoms with Crippen LogP contribution in [0.1, 0.15) is 35.6 Å². The minimum Gasteiger partial charge on any atom is -0.369 e. The molecule has 13 heteroatoms. The summed E-state index contributed by atoms with van der Waals surface area (Å²) >= 11 is 0. The van der Waals surface area contributed by atoms with E-state index in [0.29, 0.717) is 6.92 Å². The van der Waals surface area contributed by atoms with Gasteiger partial charge in [-0.3, -0.25) is 9.78 Å². The van der Waals surface area contributed by atoms with Gasteiger partial charge in [0.25, 0.3) is 11.8 Å². The zero-order chi connectivity index (χ0) is 23.2. The van der Waals surface area contributed by atoms with Gasteiger partial charge in [-0.2, -0.15) is 0 Å². The molecule has 0 aliphatic carbocycles. The summed E-state index contributed by atoms with van der Waals surface area (Å²) in [5.41, 5.74) is 3.17. The first-order chi connectivity index (χ1) is 14.2. The number of anilines is 1. The summed E-state index contributed by atoms with van der Waals surface area (Å²) in [6.45, 7) is 2.05. The van der Waals surface area contributed by atoms with Crippen LogP contribution in [0.25, 0.3) is 0 Å². The van der Waals surface area contributed by atoms with E-state index in [1.54, 1.807) is 0 Å². The molecule has 1 aliphatic rings. The van der Waals surface area contributed by atoms with Crippen LogP contribution in [0.4, 0.5) is 19.0 Å². The largest absolute Gasteiger partial charge is 0.369 e. The third-order valence-corrected chi connectivity index (χ3v) is 6.61. The van der Waals surface area contributed by atoms with Gasteiger partial charge in [0.15, 0.2) is 0 Å². The molecule has 3 rings (SSSR count). The van der Waals surface area contributed by atoms with Crippen molar-refractivity contribution < 1.29 is 26.4 Å². The van der Waals surface area contributed by atoms with E-state index in [4.69, 9.17) is 5.73 Å². The van der Waals surface area contributed by atoms with Crippen LogP contribution < -0.4 is 11.1 Å². The van der Waals surface area contributed by atoms with Crippen molar-refractivity contribution in [2.24, 2.45) is 10.7 Å². The number of rotatable bonds is 4. The number of guanidine groups is 1. The number of alkyl halides is 2. The monoisotopic (exact) mass is 456 g/mol. The fourth-order valence-corrected chi connectivity index (χ4v) is 4.36. The predicted molar refractivity (Wildman–Crippen MR) is 106 cm³/mol. The van der Waals surface area contributed by atoms with E-state index in [0.717, 1.165) is 34.8 Å². The normalized spacial score (nSPS) is 20.8. The smallest absolute Gasteiger partial charge is 0.275 e. The molecule has 1 aliphatic heterocycles. The second-order valence-electron chi connectivity index (χ2n) is 7.27. The highest BCUT2D eigenvalue weighted by Crippen LogP contribution is 2.33. The number of nitrogens with one attached hydrogen (secondary N) is 1. The number of sulfonamides is 1. The van der Waals surface area contributed by atoms with Gasteiger partial charge in [-0.05, 0) is 31.2 Å². The molecule has 3 heterocycles. The van der Waals surface area contributed by atoms with Crippen LogP contribution in [0.5, 0.6) is 0 Å². The van der Waals surface area contributed by atoms with E-state index in [9.17, 15) is 26.4 Å². The van der Waals surface area contributed by atoms with Crippen LogP contribution in [0.2, 0.25) is 0 Å². The van der Waals surface area contributed by atoms with E-state index < -0.39 is 39.0 Å². The lowest BCUT2D eigenvalue weighted by Crippen LogP contribution is -2.50. The third-order valence-electron chi connectivity index (χ3n) is 4.67. The van der Waals surface area contributed by atoms with Crippen molar-refractivity contribution in [3.05, 3.63) is 53.2 Å². The first-order valence-electron chi connectivity index (χ1n) is 8.87. The second kappa shape index (κ2) is 7.48. The Bertz CT molecular complexity index is 1170. The zero-order valence-corrected chi connectivity index (χ0v) is 17.5. The topological polar surface area (TPSA) is 131 Å². The average molecular weight is 456 g/mol. The highest BCUT2D eigenvalue weighted by Gasteiger charge is 2.43. The number of hydrogen-bond acceptors (Lipinski definition) is 7. The average Bonchev–Trinajstić information content (AvgIpc) is 2.66. The summed E-state index contributed by atoms with van der Waals surface area (Å²) < 4.78 is 66.5. The predicted octanol–water partition coefficient (Wildman–Crippen LogP) is 1.78. The quantitative estimate of drug-likeness (QED) is 0.721. The van der Waals surface area contributed by atoms with Crippen LogP contribution in [0.3, 0.4) is 0 Å². The Labute approximate surface area is 176 Å². The molecule has 3 N–H and O–H groups in total. The van der Waals surface area contributed by atoms with Crippen molar-refractivity contribution in [3.63, 3.8) is 0 Å². The maximum Gasteiger partial charge on any atom is 0.275 e. The first kappa shape index (κ1) is 22.5. The Kier molecular flexibility index (Phi) is 5.42. The number of carbonyl (C=O) groups excluding carboxylic acids is 1. The lowest BCUT2D eigenvalue weighted by Gasteiger charge is -2.33. The molecule has 0 saturated carbocycles. The second-order valence-corrected chi connectivity index (χ2v) is 9.27. The SMILES string of the molecule is CN1C(N)=N[C@](C)(c2nc(NC(=O)c3ccc(C(C)(F)F)cn3)ccc2F)CS1(=O)=O. The highest BCUT2D eigenvalue weighted by molar-refractivity contribution is 7.89. The maximum absolute atomic E-state index is 14.5. The number of aromatic nitrogens is 2. The Morgan fingerprint density at radius 2 is 1.97 bits per heavy atom. The van der Waals surface area contributed by atoms with E-state index in [1.165, 1.54) is 14.0 Å². The van der Waals surface area contributed by atoms with Gasteiger partial charge in [-0.1, -0.05) is 0 Å². The van der Waals surface area contributed by atoms with Crippen LogP contribution in [-0.2, 0) is 21.5 Å². The highest BCUT2D eigenvalue weighted by atomic mass is 32.2. The molecule has 0 fully saturated rings. The zero-order valence-electron chi connectivity index (χ0n) is 16.7. The molecule has 0 bridgehead atoms. The van der Waals surface area contributed by atoms with E-state index >= 15 is 0 Å². The van der Waals surface area contributed by atoms with Gasteiger partial charge >= 0.3 is 0 Å². The van der Waals surface area contributed by atoms with Gasteiger partial charge in [0, 0.05) is 25.7 Å². The first-order valence-corrected chi connectivity index (χ1v) is 10.5. The van der Waals surface area contributed by atoms with Crippen molar-refractivity contribution >= 4 is 27.7 Å². The molecule has 1 atom stereocenters. The molecule has 0 unspecified atom stereocenters. The lowest BCUT2D eigenvalue weighted by atomic mass is 10.00. The van der Waals surface area contributed by atoms with Crippen LogP contribution in [0.15, 0.2) is 35.5 Å². The van der Waals surface area contributed by atoms with Gasteiger partial charge in [0.05, 0.1) is 0 Å². The number of pyridine rings is 2. The van der Waals surface area contributed by atoms with E-state index in [-0.39, 0.29) is 28.7 Å². The Morgan fingerprint density at radius 1 is 1.29 bits per heavy atom. The van der Waals surface area contributed by atoms with Crippen molar-refractivity contribution in [2.45, 2.75) is 25.3 Å². The summed E-state index contributed by atoms with van der Waals surface area (Å²) in [7, 11) is -2.64. The molecule has 9 nitrogen and oxygen atoms in total. The van der Waals surface area contributed by atoms with Crippen molar-refractivity contribution in [2.75, 3.05) is 18.1 Å². The fraction of sp³-hybridized carbons (Fsp3) is 0.333. The molecular weight excluding hydrogens is 437 g/mol. The maximum atomic E-state index is 14.5. The minimum absolute atomic E-state index is 0.112.